The van der Waals surface area contributed by atoms with Crippen molar-refractivity contribution in [3.63, 3.8) is 0 Å². The molecule has 0 bridgehead atoms. The minimum atomic E-state index is -0.674. The van der Waals surface area contributed by atoms with E-state index in [1.165, 1.54) is 37.4 Å². The fourth-order valence-corrected chi connectivity index (χ4v) is 3.86. The van der Waals surface area contributed by atoms with Crippen molar-refractivity contribution in [2.75, 3.05) is 7.11 Å². The first-order chi connectivity index (χ1) is 13.4. The smallest absolute Gasteiger partial charge is 0.205 e. The Morgan fingerprint density at radius 2 is 1.11 bits per heavy atom. The zero-order valence-electron chi connectivity index (χ0n) is 14.3. The molecular weight excluding hydrogens is 403 g/mol. The Morgan fingerprint density at radius 1 is 0.643 bits per heavy atom. The van der Waals surface area contributed by atoms with E-state index in [0.29, 0.717) is 5.75 Å². The molecule has 0 spiro atoms. The Morgan fingerprint density at radius 3 is 1.64 bits per heavy atom. The summed E-state index contributed by atoms with van der Waals surface area (Å²) in [5.74, 6) is -2.20. The van der Waals surface area contributed by atoms with Gasteiger partial charge in [0, 0.05) is 22.3 Å². The molecule has 7 heteroatoms. The van der Waals surface area contributed by atoms with Gasteiger partial charge in [-0.2, -0.15) is 0 Å². The number of ketones is 4. The molecule has 2 aliphatic rings. The third kappa shape index (κ3) is 2.47. The number of hydrogen-bond acceptors (Lipinski definition) is 5. The molecule has 0 atom stereocenters. The average molecular weight is 413 g/mol. The number of methoxy groups -OCH3 is 1. The number of carbonyl (C=O) groups excluding carboxylic acids is 4. The molecule has 0 unspecified atom stereocenters. The molecule has 0 amide bonds. The van der Waals surface area contributed by atoms with Gasteiger partial charge in [-0.15, -0.1) is 0 Å². The van der Waals surface area contributed by atoms with Crippen molar-refractivity contribution in [2.45, 2.75) is 0 Å². The highest BCUT2D eigenvalue weighted by Crippen LogP contribution is 2.39. The summed E-state index contributed by atoms with van der Waals surface area (Å²) in [6.07, 6.45) is 0. The van der Waals surface area contributed by atoms with Crippen LogP contribution >= 0.6 is 23.2 Å². The van der Waals surface area contributed by atoms with Crippen molar-refractivity contribution < 1.29 is 23.9 Å². The van der Waals surface area contributed by atoms with Crippen LogP contribution in [0, 0.1) is 0 Å². The molecule has 2 aromatic rings. The summed E-state index contributed by atoms with van der Waals surface area (Å²) in [5.41, 5.74) is -0.381. The molecular formula is C21H10Cl2O5. The van der Waals surface area contributed by atoms with E-state index >= 15 is 0 Å². The molecule has 28 heavy (non-hydrogen) atoms. The van der Waals surface area contributed by atoms with Crippen LogP contribution in [0.4, 0.5) is 0 Å². The molecule has 0 saturated carbocycles. The number of rotatable bonds is 2. The van der Waals surface area contributed by atoms with E-state index in [1.54, 1.807) is 12.1 Å². The Kier molecular flexibility index (Phi) is 4.29. The van der Waals surface area contributed by atoms with Crippen molar-refractivity contribution >= 4 is 46.3 Å². The maximum absolute atomic E-state index is 13.1. The average Bonchev–Trinajstić information content (AvgIpc) is 2.72. The van der Waals surface area contributed by atoms with Crippen molar-refractivity contribution in [3.05, 3.63) is 85.9 Å². The molecule has 0 aliphatic heterocycles. The van der Waals surface area contributed by atoms with Crippen molar-refractivity contribution in [2.24, 2.45) is 0 Å². The lowest BCUT2D eigenvalue weighted by molar-refractivity contribution is 0.0958. The Hall–Kier alpha value is -3.02. The SMILES string of the molecule is COc1ccc2c(c1)C(=O)C(C1=C(Cl)C(=O)c3ccccc3C1=O)=C(Cl)C2=O. The van der Waals surface area contributed by atoms with Crippen LogP contribution in [0.5, 0.6) is 5.75 Å². The minimum Gasteiger partial charge on any atom is -0.497 e. The van der Waals surface area contributed by atoms with E-state index in [4.69, 9.17) is 27.9 Å². The molecule has 0 radical (unpaired) electrons. The van der Waals surface area contributed by atoms with Gasteiger partial charge in [0.15, 0.2) is 11.6 Å². The maximum atomic E-state index is 13.1. The number of benzene rings is 2. The lowest BCUT2D eigenvalue weighted by Crippen LogP contribution is -2.28. The second kappa shape index (κ2) is 6.55. The van der Waals surface area contributed by atoms with Gasteiger partial charge in [-0.25, -0.2) is 0 Å². The van der Waals surface area contributed by atoms with Gasteiger partial charge >= 0.3 is 0 Å². The van der Waals surface area contributed by atoms with Gasteiger partial charge in [0.05, 0.1) is 18.3 Å². The van der Waals surface area contributed by atoms with Crippen LogP contribution in [-0.4, -0.2) is 30.2 Å². The van der Waals surface area contributed by atoms with Crippen molar-refractivity contribution in [1.82, 2.24) is 0 Å². The third-order valence-electron chi connectivity index (χ3n) is 4.67. The first-order valence-electron chi connectivity index (χ1n) is 8.12. The third-order valence-corrected chi connectivity index (χ3v) is 5.40. The lowest BCUT2D eigenvalue weighted by Gasteiger charge is -2.23. The van der Waals surface area contributed by atoms with Crippen molar-refractivity contribution in [3.8, 4) is 5.75 Å². The highest BCUT2D eigenvalue weighted by Gasteiger charge is 2.41. The van der Waals surface area contributed by atoms with Crippen LogP contribution in [-0.2, 0) is 0 Å². The Bertz CT molecular complexity index is 1190. The lowest BCUT2D eigenvalue weighted by atomic mass is 9.79. The quantitative estimate of drug-likeness (QED) is 0.740. The molecule has 5 nitrogen and oxygen atoms in total. The zero-order chi connectivity index (χ0) is 20.2. The number of ether oxygens (including phenoxy) is 1. The zero-order valence-corrected chi connectivity index (χ0v) is 15.9. The summed E-state index contributed by atoms with van der Waals surface area (Å²) in [5, 5.41) is -0.888. The largest absolute Gasteiger partial charge is 0.497 e. The van der Waals surface area contributed by atoms with Gasteiger partial charge in [-0.05, 0) is 18.2 Å². The number of hydrogen-bond donors (Lipinski definition) is 0. The first kappa shape index (κ1) is 18.3. The van der Waals surface area contributed by atoms with Crippen LogP contribution in [0.15, 0.2) is 63.7 Å². The number of fused-ring (bicyclic) bond motifs is 2. The van der Waals surface area contributed by atoms with E-state index in [-0.39, 0.29) is 33.4 Å². The van der Waals surface area contributed by atoms with Gasteiger partial charge in [-0.3, -0.25) is 19.2 Å². The van der Waals surface area contributed by atoms with Crippen LogP contribution in [0.25, 0.3) is 0 Å². The molecule has 2 aliphatic carbocycles. The topological polar surface area (TPSA) is 77.5 Å². The first-order valence-corrected chi connectivity index (χ1v) is 8.88. The van der Waals surface area contributed by atoms with E-state index in [9.17, 15) is 19.2 Å². The second-order valence-corrected chi connectivity index (χ2v) is 6.91. The summed E-state index contributed by atoms with van der Waals surface area (Å²) in [4.78, 5) is 51.5. The van der Waals surface area contributed by atoms with E-state index in [1.807, 2.05) is 0 Å². The van der Waals surface area contributed by atoms with Crippen LogP contribution in [0.1, 0.15) is 41.4 Å². The van der Waals surface area contributed by atoms with E-state index in [2.05, 4.69) is 0 Å². The predicted octanol–water partition coefficient (Wildman–Crippen LogP) is 4.14. The fourth-order valence-electron chi connectivity index (χ4n) is 3.29. The number of Topliss-reactive ketones (excluding diaryl/α,β-unsaturated/α-hetero) is 4. The molecule has 0 heterocycles. The number of allylic oxidation sites excluding steroid dienone is 4. The predicted molar refractivity (Wildman–Crippen MR) is 103 cm³/mol. The van der Waals surface area contributed by atoms with E-state index < -0.39 is 33.2 Å². The summed E-state index contributed by atoms with van der Waals surface area (Å²) in [6, 6.07) is 10.5. The van der Waals surface area contributed by atoms with Gasteiger partial charge in [-0.1, -0.05) is 47.5 Å². The highest BCUT2D eigenvalue weighted by molar-refractivity contribution is 6.55. The maximum Gasteiger partial charge on any atom is 0.205 e. The Balaban J connectivity index is 1.96. The van der Waals surface area contributed by atoms with Crippen LogP contribution < -0.4 is 4.74 Å². The van der Waals surface area contributed by atoms with Gasteiger partial charge in [0.2, 0.25) is 11.6 Å². The monoisotopic (exact) mass is 412 g/mol. The van der Waals surface area contributed by atoms with Gasteiger partial charge in [0.1, 0.15) is 15.8 Å². The van der Waals surface area contributed by atoms with Crippen LogP contribution in [0.3, 0.4) is 0 Å². The molecule has 0 aromatic heterocycles. The summed E-state index contributed by atoms with van der Waals surface area (Å²) < 4.78 is 5.11. The van der Waals surface area contributed by atoms with Crippen LogP contribution in [0.2, 0.25) is 0 Å². The molecule has 138 valence electrons. The van der Waals surface area contributed by atoms with E-state index in [0.717, 1.165) is 0 Å². The molecule has 0 N–H and O–H groups in total. The molecule has 0 saturated heterocycles. The minimum absolute atomic E-state index is 0.0276. The number of halogens is 2. The molecule has 2 aromatic carbocycles. The van der Waals surface area contributed by atoms with Gasteiger partial charge < -0.3 is 4.74 Å². The van der Waals surface area contributed by atoms with Gasteiger partial charge in [0.25, 0.3) is 0 Å². The number of carbonyl (C=O) groups is 4. The molecule has 4 rings (SSSR count). The Labute approximate surface area is 169 Å². The summed E-state index contributed by atoms with van der Waals surface area (Å²) in [6.45, 7) is 0. The standard InChI is InChI=1S/C21H10Cl2O5/c1-28-9-6-7-12-13(8-9)19(25)15(17(23)21(12)27)14-16(22)20(26)11-5-3-2-4-10(11)18(14)24/h2-8H,1H3. The van der Waals surface area contributed by atoms with Crippen molar-refractivity contribution in [1.29, 1.82) is 0 Å². The molecule has 0 fully saturated rings. The summed E-state index contributed by atoms with van der Waals surface area (Å²) in [7, 11) is 1.42. The second-order valence-electron chi connectivity index (χ2n) is 6.15. The highest BCUT2D eigenvalue weighted by atomic mass is 35.5. The summed E-state index contributed by atoms with van der Waals surface area (Å²) >= 11 is 12.4. The normalized spacial score (nSPS) is 16.4. The fraction of sp³-hybridized carbons (Fsp3) is 0.0476.